The monoisotopic (exact) mass is 357 g/mol. The third kappa shape index (κ3) is 3.43. The van der Waals surface area contributed by atoms with E-state index < -0.39 is 0 Å². The Bertz CT molecular complexity index is 963. The standard InChI is InChI=1S/C17H19N5O2S/c1-4-12-15(25-21-20-12)17(24)22(10(2)3)9-14-18-13-8-6-5-7-11(13)16(23)19-14/h5-8,10H,4,9H2,1-3H3,(H,18,19,23). The SMILES string of the molecule is CCc1nnsc1C(=O)N(Cc1nc2ccccc2c(=O)[nH]1)C(C)C. The highest BCUT2D eigenvalue weighted by Crippen LogP contribution is 2.18. The molecule has 8 heteroatoms. The van der Waals surface area contributed by atoms with Crippen molar-refractivity contribution in [1.29, 1.82) is 0 Å². The summed E-state index contributed by atoms with van der Waals surface area (Å²) >= 11 is 1.10. The molecular weight excluding hydrogens is 338 g/mol. The highest BCUT2D eigenvalue weighted by atomic mass is 32.1. The molecule has 0 saturated carbocycles. The van der Waals surface area contributed by atoms with Gasteiger partial charge in [-0.1, -0.05) is 23.5 Å². The number of rotatable bonds is 5. The molecule has 0 aliphatic heterocycles. The van der Waals surface area contributed by atoms with Gasteiger partial charge in [0.1, 0.15) is 10.7 Å². The summed E-state index contributed by atoms with van der Waals surface area (Å²) in [7, 11) is 0. The quantitative estimate of drug-likeness (QED) is 0.757. The maximum absolute atomic E-state index is 12.9. The maximum atomic E-state index is 12.9. The highest BCUT2D eigenvalue weighted by molar-refractivity contribution is 7.08. The Morgan fingerprint density at radius 3 is 2.80 bits per heavy atom. The Balaban J connectivity index is 1.95. The van der Waals surface area contributed by atoms with Crippen molar-refractivity contribution in [3.8, 4) is 0 Å². The normalized spacial score (nSPS) is 11.2. The van der Waals surface area contributed by atoms with Gasteiger partial charge in [-0.15, -0.1) is 5.10 Å². The zero-order chi connectivity index (χ0) is 18.0. The van der Waals surface area contributed by atoms with Gasteiger partial charge in [0.15, 0.2) is 0 Å². The van der Waals surface area contributed by atoms with Crippen LogP contribution in [0.2, 0.25) is 0 Å². The van der Waals surface area contributed by atoms with Crippen LogP contribution in [-0.2, 0) is 13.0 Å². The second-order valence-electron chi connectivity index (χ2n) is 5.96. The molecule has 2 aromatic heterocycles. The van der Waals surface area contributed by atoms with Crippen LogP contribution in [0.3, 0.4) is 0 Å². The van der Waals surface area contributed by atoms with Crippen molar-refractivity contribution in [2.24, 2.45) is 0 Å². The molecule has 130 valence electrons. The fourth-order valence-corrected chi connectivity index (χ4v) is 3.30. The number of nitrogens with one attached hydrogen (secondary N) is 1. The number of fused-ring (bicyclic) bond motifs is 1. The molecule has 0 fully saturated rings. The van der Waals surface area contributed by atoms with E-state index in [4.69, 9.17) is 0 Å². The molecule has 3 aromatic rings. The number of H-pyrrole nitrogens is 1. The maximum Gasteiger partial charge on any atom is 0.268 e. The summed E-state index contributed by atoms with van der Waals surface area (Å²) in [6, 6.07) is 7.09. The smallest absolute Gasteiger partial charge is 0.268 e. The largest absolute Gasteiger partial charge is 0.328 e. The molecule has 0 aliphatic carbocycles. The first-order valence-corrected chi connectivity index (χ1v) is 8.88. The summed E-state index contributed by atoms with van der Waals surface area (Å²) in [4.78, 5) is 34.6. The number of aryl methyl sites for hydroxylation is 1. The van der Waals surface area contributed by atoms with E-state index in [0.29, 0.717) is 33.7 Å². The van der Waals surface area contributed by atoms with E-state index in [-0.39, 0.29) is 24.1 Å². The van der Waals surface area contributed by atoms with Gasteiger partial charge in [-0.3, -0.25) is 9.59 Å². The van der Waals surface area contributed by atoms with E-state index in [1.807, 2.05) is 26.8 Å². The Morgan fingerprint density at radius 1 is 1.32 bits per heavy atom. The first-order chi connectivity index (χ1) is 12.0. The van der Waals surface area contributed by atoms with Crippen LogP contribution >= 0.6 is 11.5 Å². The molecule has 25 heavy (non-hydrogen) atoms. The van der Waals surface area contributed by atoms with Crippen molar-refractivity contribution in [1.82, 2.24) is 24.5 Å². The van der Waals surface area contributed by atoms with Crippen molar-refractivity contribution < 1.29 is 4.79 Å². The number of carbonyl (C=O) groups excluding carboxylic acids is 1. The Hall–Kier alpha value is -2.61. The molecule has 0 aliphatic rings. The third-order valence-electron chi connectivity index (χ3n) is 3.95. The highest BCUT2D eigenvalue weighted by Gasteiger charge is 2.24. The number of aromatic amines is 1. The molecule has 1 N–H and O–H groups in total. The van der Waals surface area contributed by atoms with Gasteiger partial charge in [-0.2, -0.15) is 0 Å². The topological polar surface area (TPSA) is 91.8 Å². The van der Waals surface area contributed by atoms with Crippen molar-refractivity contribution in [3.63, 3.8) is 0 Å². The zero-order valence-corrected chi connectivity index (χ0v) is 15.1. The van der Waals surface area contributed by atoms with Crippen molar-refractivity contribution >= 4 is 28.3 Å². The predicted octanol–water partition coefficient (Wildman–Crippen LogP) is 2.39. The lowest BCUT2D eigenvalue weighted by Crippen LogP contribution is -2.37. The predicted molar refractivity (Wildman–Crippen MR) is 96.7 cm³/mol. The molecule has 0 unspecified atom stereocenters. The number of carbonyl (C=O) groups is 1. The summed E-state index contributed by atoms with van der Waals surface area (Å²) < 4.78 is 3.89. The van der Waals surface area contributed by atoms with Gasteiger partial charge in [0.05, 0.1) is 23.1 Å². The molecule has 0 spiro atoms. The van der Waals surface area contributed by atoms with Crippen LogP contribution in [0.15, 0.2) is 29.1 Å². The van der Waals surface area contributed by atoms with E-state index in [1.54, 1.807) is 23.1 Å². The van der Waals surface area contributed by atoms with Gasteiger partial charge in [0.25, 0.3) is 11.5 Å². The van der Waals surface area contributed by atoms with Crippen molar-refractivity contribution in [2.45, 2.75) is 39.8 Å². The molecule has 0 saturated heterocycles. The Morgan fingerprint density at radius 2 is 2.08 bits per heavy atom. The molecule has 0 bridgehead atoms. The third-order valence-corrected chi connectivity index (χ3v) is 4.71. The van der Waals surface area contributed by atoms with Crippen molar-refractivity contribution in [2.75, 3.05) is 0 Å². The van der Waals surface area contributed by atoms with Gasteiger partial charge in [0.2, 0.25) is 0 Å². The number of para-hydroxylation sites is 1. The molecular formula is C17H19N5O2S. The summed E-state index contributed by atoms with van der Waals surface area (Å²) in [5.74, 6) is 0.318. The summed E-state index contributed by atoms with van der Waals surface area (Å²) in [5, 5.41) is 4.54. The number of hydrogen-bond acceptors (Lipinski definition) is 6. The molecule has 1 aromatic carbocycles. The van der Waals surface area contributed by atoms with E-state index in [0.717, 1.165) is 11.5 Å². The lowest BCUT2D eigenvalue weighted by atomic mass is 10.2. The van der Waals surface area contributed by atoms with Crippen LogP contribution in [0, 0.1) is 0 Å². The van der Waals surface area contributed by atoms with E-state index in [2.05, 4.69) is 19.6 Å². The molecule has 2 heterocycles. The average Bonchev–Trinajstić information content (AvgIpc) is 3.07. The van der Waals surface area contributed by atoms with Gasteiger partial charge in [0, 0.05) is 6.04 Å². The minimum atomic E-state index is -0.203. The van der Waals surface area contributed by atoms with Crippen LogP contribution in [-0.4, -0.2) is 36.4 Å². The number of amides is 1. The molecule has 3 rings (SSSR count). The summed E-state index contributed by atoms with van der Waals surface area (Å²) in [5.41, 5.74) is 1.11. The summed E-state index contributed by atoms with van der Waals surface area (Å²) in [6.07, 6.45) is 0.647. The first-order valence-electron chi connectivity index (χ1n) is 8.11. The molecule has 1 amide bonds. The molecule has 0 atom stereocenters. The number of hydrogen-bond donors (Lipinski definition) is 1. The van der Waals surface area contributed by atoms with Crippen LogP contribution in [0.1, 0.15) is 42.0 Å². The van der Waals surface area contributed by atoms with E-state index in [1.165, 1.54) is 0 Å². The number of benzene rings is 1. The Kier molecular flexibility index (Phi) is 4.89. The van der Waals surface area contributed by atoms with Gasteiger partial charge in [-0.05, 0) is 43.9 Å². The van der Waals surface area contributed by atoms with Gasteiger partial charge in [-0.25, -0.2) is 4.98 Å². The zero-order valence-electron chi connectivity index (χ0n) is 14.3. The van der Waals surface area contributed by atoms with E-state index >= 15 is 0 Å². The van der Waals surface area contributed by atoms with E-state index in [9.17, 15) is 9.59 Å². The lowest BCUT2D eigenvalue weighted by molar-refractivity contribution is 0.0688. The van der Waals surface area contributed by atoms with Crippen LogP contribution in [0.4, 0.5) is 0 Å². The van der Waals surface area contributed by atoms with Crippen LogP contribution in [0.5, 0.6) is 0 Å². The average molecular weight is 357 g/mol. The second kappa shape index (κ2) is 7.10. The van der Waals surface area contributed by atoms with Crippen LogP contribution in [0.25, 0.3) is 10.9 Å². The minimum Gasteiger partial charge on any atom is -0.328 e. The van der Waals surface area contributed by atoms with Crippen LogP contribution < -0.4 is 5.56 Å². The number of nitrogens with zero attached hydrogens (tertiary/aromatic N) is 4. The van der Waals surface area contributed by atoms with Gasteiger partial charge < -0.3 is 9.88 Å². The fraction of sp³-hybridized carbons (Fsp3) is 0.353. The second-order valence-corrected chi connectivity index (χ2v) is 6.71. The molecule has 7 nitrogen and oxygen atoms in total. The number of aromatic nitrogens is 4. The fourth-order valence-electron chi connectivity index (χ4n) is 2.59. The first kappa shape index (κ1) is 17.2. The minimum absolute atomic E-state index is 0.0592. The molecule has 0 radical (unpaired) electrons. The van der Waals surface area contributed by atoms with Crippen molar-refractivity contribution in [3.05, 3.63) is 51.0 Å². The Labute approximate surface area is 148 Å². The lowest BCUT2D eigenvalue weighted by Gasteiger charge is -2.25. The van der Waals surface area contributed by atoms with Gasteiger partial charge >= 0.3 is 0 Å². The summed E-state index contributed by atoms with van der Waals surface area (Å²) in [6.45, 7) is 6.02.